The molecule has 1 fully saturated rings. The van der Waals surface area contributed by atoms with Crippen LogP contribution in [0.25, 0.3) is 0 Å². The van der Waals surface area contributed by atoms with Crippen LogP contribution in [0.2, 0.25) is 0 Å². The van der Waals surface area contributed by atoms with Crippen molar-refractivity contribution in [3.8, 4) is 0 Å². The Morgan fingerprint density at radius 1 is 1.50 bits per heavy atom. The molecular formula is C13H15Br2F. The van der Waals surface area contributed by atoms with Gasteiger partial charge in [-0.2, -0.15) is 0 Å². The van der Waals surface area contributed by atoms with Crippen molar-refractivity contribution in [2.24, 2.45) is 5.41 Å². The Morgan fingerprint density at radius 2 is 2.25 bits per heavy atom. The van der Waals surface area contributed by atoms with Crippen LogP contribution in [0.4, 0.5) is 4.39 Å². The second kappa shape index (κ2) is 4.77. The van der Waals surface area contributed by atoms with E-state index in [0.29, 0.717) is 14.7 Å². The Labute approximate surface area is 113 Å². The van der Waals surface area contributed by atoms with Gasteiger partial charge in [-0.05, 0) is 58.7 Å². The van der Waals surface area contributed by atoms with E-state index in [1.54, 1.807) is 6.07 Å². The lowest BCUT2D eigenvalue weighted by atomic mass is 9.82. The molecule has 3 heteroatoms. The zero-order chi connectivity index (χ0) is 11.8. The molecule has 1 aliphatic rings. The number of alkyl halides is 1. The van der Waals surface area contributed by atoms with Crippen LogP contribution < -0.4 is 0 Å². The van der Waals surface area contributed by atoms with Crippen molar-refractivity contribution >= 4 is 31.9 Å². The van der Waals surface area contributed by atoms with Crippen LogP contribution in [-0.4, -0.2) is 4.83 Å². The Balaban J connectivity index is 2.18. The van der Waals surface area contributed by atoms with Gasteiger partial charge in [-0.3, -0.25) is 0 Å². The molecule has 0 radical (unpaired) electrons. The van der Waals surface area contributed by atoms with Crippen LogP contribution in [-0.2, 0) is 6.42 Å². The second-order valence-electron chi connectivity index (χ2n) is 5.04. The summed E-state index contributed by atoms with van der Waals surface area (Å²) in [5, 5.41) is 0. The smallest absolute Gasteiger partial charge is 0.137 e. The summed E-state index contributed by atoms with van der Waals surface area (Å²) < 4.78 is 14.0. The van der Waals surface area contributed by atoms with Gasteiger partial charge in [-0.15, -0.1) is 0 Å². The normalized spacial score (nSPS) is 29.6. The minimum Gasteiger partial charge on any atom is -0.206 e. The summed E-state index contributed by atoms with van der Waals surface area (Å²) in [7, 11) is 0. The zero-order valence-corrected chi connectivity index (χ0v) is 12.4. The highest BCUT2D eigenvalue weighted by Gasteiger charge is 2.34. The average Bonchev–Trinajstić information content (AvgIpc) is 2.54. The minimum atomic E-state index is -0.158. The topological polar surface area (TPSA) is 0 Å². The fourth-order valence-corrected chi connectivity index (χ4v) is 3.96. The number of rotatable bonds is 2. The van der Waals surface area contributed by atoms with Crippen molar-refractivity contribution in [1.82, 2.24) is 0 Å². The number of hydrogen-bond donors (Lipinski definition) is 0. The third-order valence-electron chi connectivity index (χ3n) is 3.42. The maximum Gasteiger partial charge on any atom is 0.137 e. The fourth-order valence-electron chi connectivity index (χ4n) is 2.55. The summed E-state index contributed by atoms with van der Waals surface area (Å²) in [6.07, 6.45) is 4.57. The van der Waals surface area contributed by atoms with E-state index in [1.165, 1.54) is 25.3 Å². The summed E-state index contributed by atoms with van der Waals surface area (Å²) >= 11 is 7.01. The standard InChI is InChI=1S/C13H15Br2F/c1-13(6-5-10(14)8-13)7-9-3-2-4-11(16)12(9)15/h2-4,10H,5-8H2,1H3. The SMILES string of the molecule is CC1(Cc2cccc(F)c2Br)CCC(Br)C1. The molecule has 2 unspecified atom stereocenters. The Bertz CT molecular complexity index is 392. The molecular weight excluding hydrogens is 335 g/mol. The third kappa shape index (κ3) is 2.67. The van der Waals surface area contributed by atoms with Crippen molar-refractivity contribution < 1.29 is 4.39 Å². The first-order valence-electron chi connectivity index (χ1n) is 5.57. The molecule has 2 rings (SSSR count). The first kappa shape index (κ1) is 12.6. The third-order valence-corrected chi connectivity index (χ3v) is 5.09. The van der Waals surface area contributed by atoms with E-state index in [0.717, 1.165) is 12.0 Å². The molecule has 0 nitrogen and oxygen atoms in total. The predicted octanol–water partition coefficient (Wildman–Crippen LogP) is 5.08. The Morgan fingerprint density at radius 3 is 2.88 bits per heavy atom. The molecule has 0 aromatic heterocycles. The summed E-state index contributed by atoms with van der Waals surface area (Å²) in [5.74, 6) is -0.158. The van der Waals surface area contributed by atoms with Crippen LogP contribution in [0.5, 0.6) is 0 Å². The quantitative estimate of drug-likeness (QED) is 0.653. The summed E-state index contributed by atoms with van der Waals surface area (Å²) in [4.78, 5) is 0.629. The van der Waals surface area contributed by atoms with E-state index in [2.05, 4.69) is 38.8 Å². The van der Waals surface area contributed by atoms with Crippen LogP contribution in [0.15, 0.2) is 22.7 Å². The molecule has 1 aromatic rings. The summed E-state index contributed by atoms with van der Waals surface area (Å²) in [6.45, 7) is 2.30. The molecule has 2 atom stereocenters. The monoisotopic (exact) mass is 348 g/mol. The number of benzene rings is 1. The Hall–Kier alpha value is 0.110. The van der Waals surface area contributed by atoms with Gasteiger partial charge in [0.2, 0.25) is 0 Å². The van der Waals surface area contributed by atoms with Gasteiger partial charge in [0.25, 0.3) is 0 Å². The molecule has 0 N–H and O–H groups in total. The molecule has 0 heterocycles. The molecule has 0 aliphatic heterocycles. The van der Waals surface area contributed by atoms with E-state index in [1.807, 2.05) is 6.07 Å². The van der Waals surface area contributed by atoms with Crippen LogP contribution >= 0.6 is 31.9 Å². The van der Waals surface area contributed by atoms with Gasteiger partial charge in [0.1, 0.15) is 5.82 Å². The van der Waals surface area contributed by atoms with Gasteiger partial charge >= 0.3 is 0 Å². The molecule has 0 bridgehead atoms. The molecule has 1 aromatic carbocycles. The van der Waals surface area contributed by atoms with Gasteiger partial charge < -0.3 is 0 Å². The summed E-state index contributed by atoms with van der Waals surface area (Å²) in [5.41, 5.74) is 1.40. The van der Waals surface area contributed by atoms with Gasteiger partial charge in [-0.25, -0.2) is 4.39 Å². The second-order valence-corrected chi connectivity index (χ2v) is 7.13. The fraction of sp³-hybridized carbons (Fsp3) is 0.538. The molecule has 1 aliphatic carbocycles. The average molecular weight is 350 g/mol. The van der Waals surface area contributed by atoms with Crippen LogP contribution in [0.3, 0.4) is 0 Å². The predicted molar refractivity (Wildman–Crippen MR) is 72.5 cm³/mol. The summed E-state index contributed by atoms with van der Waals surface area (Å²) in [6, 6.07) is 5.30. The number of halogens is 3. The van der Waals surface area contributed by atoms with Crippen molar-refractivity contribution in [2.75, 3.05) is 0 Å². The van der Waals surface area contributed by atoms with Gasteiger partial charge in [0.15, 0.2) is 0 Å². The lowest BCUT2D eigenvalue weighted by Gasteiger charge is -2.24. The highest BCUT2D eigenvalue weighted by molar-refractivity contribution is 9.10. The first-order valence-corrected chi connectivity index (χ1v) is 7.28. The van der Waals surface area contributed by atoms with E-state index < -0.39 is 0 Å². The highest BCUT2D eigenvalue weighted by atomic mass is 79.9. The zero-order valence-electron chi connectivity index (χ0n) is 9.27. The molecule has 88 valence electrons. The first-order chi connectivity index (χ1) is 7.50. The largest absolute Gasteiger partial charge is 0.206 e. The molecule has 0 amide bonds. The van der Waals surface area contributed by atoms with E-state index in [4.69, 9.17) is 0 Å². The molecule has 0 spiro atoms. The van der Waals surface area contributed by atoms with Crippen LogP contribution in [0, 0.1) is 11.2 Å². The van der Waals surface area contributed by atoms with Gasteiger partial charge in [0.05, 0.1) is 4.47 Å². The van der Waals surface area contributed by atoms with E-state index >= 15 is 0 Å². The minimum absolute atomic E-state index is 0.158. The van der Waals surface area contributed by atoms with Crippen molar-refractivity contribution in [3.63, 3.8) is 0 Å². The van der Waals surface area contributed by atoms with Gasteiger partial charge in [0, 0.05) is 4.83 Å². The molecule has 0 saturated heterocycles. The van der Waals surface area contributed by atoms with Crippen molar-refractivity contribution in [1.29, 1.82) is 0 Å². The van der Waals surface area contributed by atoms with Gasteiger partial charge in [-0.1, -0.05) is 35.0 Å². The van der Waals surface area contributed by atoms with Crippen molar-refractivity contribution in [2.45, 2.75) is 37.4 Å². The Kier molecular flexibility index (Phi) is 3.75. The molecule has 16 heavy (non-hydrogen) atoms. The lowest BCUT2D eigenvalue weighted by Crippen LogP contribution is -2.16. The van der Waals surface area contributed by atoms with Crippen LogP contribution in [0.1, 0.15) is 31.7 Å². The lowest BCUT2D eigenvalue weighted by molar-refractivity contribution is 0.335. The van der Waals surface area contributed by atoms with E-state index in [9.17, 15) is 4.39 Å². The highest BCUT2D eigenvalue weighted by Crippen LogP contribution is 2.44. The maximum atomic E-state index is 13.4. The van der Waals surface area contributed by atoms with Crippen molar-refractivity contribution in [3.05, 3.63) is 34.1 Å². The van der Waals surface area contributed by atoms with E-state index in [-0.39, 0.29) is 5.82 Å². The molecule has 1 saturated carbocycles. The maximum absolute atomic E-state index is 13.4. The number of hydrogen-bond acceptors (Lipinski definition) is 0.